The fourth-order valence-corrected chi connectivity index (χ4v) is 6.80. The Morgan fingerprint density at radius 1 is 0.571 bits per heavy atom. The lowest BCUT2D eigenvalue weighted by molar-refractivity contribution is 0.660. The van der Waals surface area contributed by atoms with Crippen LogP contribution in [0, 0.1) is 0 Å². The van der Waals surface area contributed by atoms with Crippen molar-refractivity contribution in [3.63, 3.8) is 0 Å². The summed E-state index contributed by atoms with van der Waals surface area (Å²) < 4.78 is 2.64. The number of rotatable bonds is 3. The van der Waals surface area contributed by atoms with Gasteiger partial charge in [0.1, 0.15) is 0 Å². The van der Waals surface area contributed by atoms with Gasteiger partial charge in [0.05, 0.1) is 0 Å². The summed E-state index contributed by atoms with van der Waals surface area (Å²) in [7, 11) is 0. The third-order valence-corrected chi connectivity index (χ3v) is 8.60. The summed E-state index contributed by atoms with van der Waals surface area (Å²) in [5, 5.41) is 6.46. The first kappa shape index (κ1) is 20.5. The molecular weight excluding hydrogens is 442 g/mol. The van der Waals surface area contributed by atoms with Gasteiger partial charge in [-0.1, -0.05) is 92.7 Å². The first-order valence-electron chi connectivity index (χ1n) is 12.1. The largest absolute Gasteiger partial charge is 0.355 e. The van der Waals surface area contributed by atoms with Gasteiger partial charge >= 0.3 is 0 Å². The molecule has 0 spiro atoms. The van der Waals surface area contributed by atoms with Gasteiger partial charge in [-0.2, -0.15) is 0 Å². The van der Waals surface area contributed by atoms with E-state index < -0.39 is 0 Å². The molecule has 1 aliphatic carbocycles. The SMILES string of the molecule is CC1(C)c2ccccc2-c2ccc(Nc3cc4sc5ccccc5c4cc3-c3ccccc3)cc21. The van der Waals surface area contributed by atoms with Gasteiger partial charge in [-0.05, 0) is 58.1 Å². The predicted molar refractivity (Wildman–Crippen MR) is 152 cm³/mol. The maximum atomic E-state index is 3.81. The number of hydrogen-bond acceptors (Lipinski definition) is 2. The third kappa shape index (κ3) is 3.14. The Morgan fingerprint density at radius 2 is 1.31 bits per heavy atom. The van der Waals surface area contributed by atoms with E-state index in [0.29, 0.717) is 0 Å². The van der Waals surface area contributed by atoms with E-state index in [1.54, 1.807) is 0 Å². The number of anilines is 2. The minimum Gasteiger partial charge on any atom is -0.355 e. The molecule has 7 rings (SSSR count). The van der Waals surface area contributed by atoms with Crippen LogP contribution in [0.4, 0.5) is 11.4 Å². The van der Waals surface area contributed by atoms with Gasteiger partial charge in [0.15, 0.2) is 0 Å². The van der Waals surface area contributed by atoms with Crippen molar-refractivity contribution in [3.8, 4) is 22.3 Å². The summed E-state index contributed by atoms with van der Waals surface area (Å²) in [6.45, 7) is 4.67. The fraction of sp³-hybridized carbons (Fsp3) is 0.0909. The number of hydrogen-bond donors (Lipinski definition) is 1. The lowest BCUT2D eigenvalue weighted by Crippen LogP contribution is -2.15. The number of fused-ring (bicyclic) bond motifs is 6. The van der Waals surface area contributed by atoms with E-state index in [9.17, 15) is 0 Å². The average Bonchev–Trinajstić information content (AvgIpc) is 3.36. The van der Waals surface area contributed by atoms with Crippen molar-refractivity contribution in [2.45, 2.75) is 19.3 Å². The highest BCUT2D eigenvalue weighted by atomic mass is 32.1. The molecule has 6 aromatic rings. The van der Waals surface area contributed by atoms with Crippen LogP contribution >= 0.6 is 11.3 Å². The average molecular weight is 468 g/mol. The van der Waals surface area contributed by atoms with Crippen LogP contribution < -0.4 is 5.32 Å². The second-order valence-electron chi connectivity index (χ2n) is 9.91. The Kier molecular flexibility index (Phi) is 4.43. The van der Waals surface area contributed by atoms with Crippen LogP contribution in [0.2, 0.25) is 0 Å². The van der Waals surface area contributed by atoms with Crippen LogP contribution in [-0.2, 0) is 5.41 Å². The summed E-state index contributed by atoms with van der Waals surface area (Å²) in [6.07, 6.45) is 0. The van der Waals surface area contributed by atoms with Crippen LogP contribution in [0.3, 0.4) is 0 Å². The molecule has 1 heterocycles. The minimum absolute atomic E-state index is 0.0126. The van der Waals surface area contributed by atoms with Crippen LogP contribution in [-0.4, -0.2) is 0 Å². The Morgan fingerprint density at radius 3 is 2.20 bits per heavy atom. The fourth-order valence-electron chi connectivity index (χ4n) is 5.67. The minimum atomic E-state index is -0.0126. The molecule has 1 aliphatic rings. The molecule has 0 bridgehead atoms. The summed E-state index contributed by atoms with van der Waals surface area (Å²) in [5.41, 5.74) is 10.2. The molecule has 0 saturated heterocycles. The van der Waals surface area contributed by atoms with Crippen molar-refractivity contribution < 1.29 is 0 Å². The quantitative estimate of drug-likeness (QED) is 0.273. The highest BCUT2D eigenvalue weighted by Gasteiger charge is 2.35. The summed E-state index contributed by atoms with van der Waals surface area (Å²) in [6, 6.07) is 39.8. The zero-order chi connectivity index (χ0) is 23.6. The molecule has 5 aromatic carbocycles. The van der Waals surface area contributed by atoms with E-state index >= 15 is 0 Å². The molecule has 0 radical (unpaired) electrons. The molecule has 0 fully saturated rings. The topological polar surface area (TPSA) is 12.0 Å². The van der Waals surface area contributed by atoms with E-state index in [1.807, 2.05) is 11.3 Å². The standard InChI is InChI=1S/C33H25NS/c1-33(2)28-14-8-6-12-23(28)24-17-16-22(18-29(24)33)34-30-20-32-27(25-13-7-9-15-31(25)35-32)19-26(30)21-10-4-3-5-11-21/h3-20,34H,1-2H3. The molecule has 35 heavy (non-hydrogen) atoms. The van der Waals surface area contributed by atoms with Gasteiger partial charge in [0.25, 0.3) is 0 Å². The molecule has 1 nitrogen and oxygen atoms in total. The van der Waals surface area contributed by atoms with E-state index in [-0.39, 0.29) is 5.41 Å². The van der Waals surface area contributed by atoms with Crippen molar-refractivity contribution in [2.75, 3.05) is 5.32 Å². The van der Waals surface area contributed by atoms with Gasteiger partial charge in [-0.15, -0.1) is 11.3 Å². The Bertz CT molecular complexity index is 1740. The zero-order valence-corrected chi connectivity index (χ0v) is 20.6. The van der Waals surface area contributed by atoms with E-state index in [2.05, 4.69) is 128 Å². The van der Waals surface area contributed by atoms with Crippen LogP contribution in [0.15, 0.2) is 109 Å². The molecule has 0 atom stereocenters. The predicted octanol–water partition coefficient (Wildman–Crippen LogP) is 9.77. The molecular formula is C33H25NS. The lowest BCUT2D eigenvalue weighted by atomic mass is 9.82. The first-order chi connectivity index (χ1) is 17.1. The summed E-state index contributed by atoms with van der Waals surface area (Å²) in [4.78, 5) is 0. The first-order valence-corrected chi connectivity index (χ1v) is 12.9. The summed E-state index contributed by atoms with van der Waals surface area (Å²) >= 11 is 1.86. The van der Waals surface area contributed by atoms with Crippen LogP contribution in [0.5, 0.6) is 0 Å². The van der Waals surface area contributed by atoms with Crippen molar-refractivity contribution in [1.82, 2.24) is 0 Å². The molecule has 0 amide bonds. The maximum absolute atomic E-state index is 3.81. The van der Waals surface area contributed by atoms with Gasteiger partial charge in [0, 0.05) is 42.5 Å². The molecule has 2 heteroatoms. The lowest BCUT2D eigenvalue weighted by Gasteiger charge is -2.22. The van der Waals surface area contributed by atoms with Crippen molar-refractivity contribution in [1.29, 1.82) is 0 Å². The Labute approximate surface area is 209 Å². The highest BCUT2D eigenvalue weighted by molar-refractivity contribution is 7.25. The van der Waals surface area contributed by atoms with E-state index in [1.165, 1.54) is 53.6 Å². The molecule has 1 aromatic heterocycles. The second kappa shape index (κ2) is 7.56. The maximum Gasteiger partial charge on any atom is 0.0478 e. The third-order valence-electron chi connectivity index (χ3n) is 7.46. The number of thiophene rings is 1. The molecule has 168 valence electrons. The van der Waals surface area contributed by atoms with Gasteiger partial charge < -0.3 is 5.32 Å². The van der Waals surface area contributed by atoms with Gasteiger partial charge in [0.2, 0.25) is 0 Å². The van der Waals surface area contributed by atoms with Crippen molar-refractivity contribution in [3.05, 3.63) is 120 Å². The Hall–Kier alpha value is -3.88. The number of nitrogens with one attached hydrogen (secondary N) is 1. The molecule has 0 unspecified atom stereocenters. The van der Waals surface area contributed by atoms with Crippen LogP contribution in [0.25, 0.3) is 42.4 Å². The molecule has 1 N–H and O–H groups in total. The zero-order valence-electron chi connectivity index (χ0n) is 19.8. The molecule has 0 aliphatic heterocycles. The van der Waals surface area contributed by atoms with E-state index in [4.69, 9.17) is 0 Å². The van der Waals surface area contributed by atoms with Gasteiger partial charge in [-0.3, -0.25) is 0 Å². The second-order valence-corrected chi connectivity index (χ2v) is 11.0. The van der Waals surface area contributed by atoms with Gasteiger partial charge in [-0.25, -0.2) is 0 Å². The normalized spacial score (nSPS) is 13.7. The highest BCUT2D eigenvalue weighted by Crippen LogP contribution is 2.49. The smallest absolute Gasteiger partial charge is 0.0478 e. The van der Waals surface area contributed by atoms with Crippen LogP contribution in [0.1, 0.15) is 25.0 Å². The van der Waals surface area contributed by atoms with Crippen molar-refractivity contribution in [2.24, 2.45) is 0 Å². The Balaban J connectivity index is 1.39. The van der Waals surface area contributed by atoms with E-state index in [0.717, 1.165) is 11.4 Å². The van der Waals surface area contributed by atoms with Crippen molar-refractivity contribution >= 4 is 42.9 Å². The monoisotopic (exact) mass is 467 g/mol. The molecule has 0 saturated carbocycles. The number of benzene rings is 5. The summed E-state index contributed by atoms with van der Waals surface area (Å²) in [5.74, 6) is 0.